The number of aliphatic carboxylic acids is 1. The molecule has 0 saturated heterocycles. The summed E-state index contributed by atoms with van der Waals surface area (Å²) in [6.45, 7) is 0.488. The third kappa shape index (κ3) is 3.86. The number of nitrogens with zero attached hydrogens (tertiary/aromatic N) is 1. The molecule has 0 bridgehead atoms. The van der Waals surface area contributed by atoms with Crippen molar-refractivity contribution in [3.63, 3.8) is 0 Å². The molecule has 0 amide bonds. The fourth-order valence-corrected chi connectivity index (χ4v) is 4.00. The van der Waals surface area contributed by atoms with Crippen molar-refractivity contribution in [3.05, 3.63) is 114 Å². The second-order valence-electron chi connectivity index (χ2n) is 7.57. The van der Waals surface area contributed by atoms with Gasteiger partial charge in [-0.05, 0) is 47.4 Å². The molecule has 0 spiro atoms. The number of hydrogen-bond donors (Lipinski definition) is 1. The second kappa shape index (κ2) is 8.44. The Morgan fingerprint density at radius 2 is 1.62 bits per heavy atom. The summed E-state index contributed by atoms with van der Waals surface area (Å²) in [5.74, 6) is -0.211. The highest BCUT2D eigenvalue weighted by Crippen LogP contribution is 2.32. The van der Waals surface area contributed by atoms with Crippen LogP contribution in [0.4, 0.5) is 0 Å². The van der Waals surface area contributed by atoms with Crippen molar-refractivity contribution in [1.29, 1.82) is 0 Å². The molecule has 0 fully saturated rings. The Morgan fingerprint density at radius 3 is 2.47 bits per heavy atom. The lowest BCUT2D eigenvalue weighted by atomic mass is 10.1. The lowest BCUT2D eigenvalue weighted by Crippen LogP contribution is -1.98. The summed E-state index contributed by atoms with van der Waals surface area (Å²) in [7, 11) is 0. The molecule has 156 valence electrons. The van der Waals surface area contributed by atoms with E-state index in [1.165, 1.54) is 6.08 Å². The Hall–Kier alpha value is -4.31. The van der Waals surface area contributed by atoms with Gasteiger partial charge in [0, 0.05) is 22.5 Å². The Kier molecular flexibility index (Phi) is 5.18. The number of carbonyl (C=O) groups is 1. The van der Waals surface area contributed by atoms with Gasteiger partial charge < -0.3 is 14.4 Å². The topological polar surface area (TPSA) is 51.5 Å². The number of benzene rings is 4. The molecule has 5 rings (SSSR count). The van der Waals surface area contributed by atoms with E-state index in [-0.39, 0.29) is 0 Å². The van der Waals surface area contributed by atoms with Crippen LogP contribution < -0.4 is 4.74 Å². The quantitative estimate of drug-likeness (QED) is 0.321. The van der Waals surface area contributed by atoms with Crippen LogP contribution in [0.25, 0.3) is 33.4 Å². The normalized spacial score (nSPS) is 11.4. The van der Waals surface area contributed by atoms with Crippen molar-refractivity contribution in [1.82, 2.24) is 4.57 Å². The van der Waals surface area contributed by atoms with E-state index in [0.717, 1.165) is 44.4 Å². The molecule has 1 heterocycles. The number of hydrogen-bond acceptors (Lipinski definition) is 2. The summed E-state index contributed by atoms with van der Waals surface area (Å²) in [6, 6.07) is 32.3. The molecule has 1 N–H and O–H groups in total. The third-order valence-electron chi connectivity index (χ3n) is 5.45. The Balaban J connectivity index is 1.62. The number of carboxylic acids is 1. The van der Waals surface area contributed by atoms with Gasteiger partial charge in [-0.1, -0.05) is 66.7 Å². The molecular formula is C28H21NO3. The number of fused-ring (bicyclic) bond motifs is 2. The van der Waals surface area contributed by atoms with E-state index in [0.29, 0.717) is 6.61 Å². The second-order valence-corrected chi connectivity index (χ2v) is 7.57. The standard InChI is InChI=1S/C28H21NO3/c30-28(31)16-13-23-17-22-18-24(32-19-20-7-2-1-3-8-20)14-15-26(22)29(23)27-12-6-10-21-9-4-5-11-25(21)27/h1-18H,19H2,(H,30,31). The Labute approximate surface area is 185 Å². The van der Waals surface area contributed by atoms with E-state index >= 15 is 0 Å². The highest BCUT2D eigenvalue weighted by molar-refractivity contribution is 5.96. The molecule has 0 aliphatic rings. The third-order valence-corrected chi connectivity index (χ3v) is 5.45. The predicted molar refractivity (Wildman–Crippen MR) is 128 cm³/mol. The summed E-state index contributed by atoms with van der Waals surface area (Å²) >= 11 is 0. The van der Waals surface area contributed by atoms with Crippen LogP contribution in [0, 0.1) is 0 Å². The predicted octanol–water partition coefficient (Wildman–Crippen LogP) is 6.46. The highest BCUT2D eigenvalue weighted by atomic mass is 16.5. The zero-order chi connectivity index (χ0) is 21.9. The van der Waals surface area contributed by atoms with E-state index in [9.17, 15) is 9.90 Å². The minimum atomic E-state index is -0.980. The van der Waals surface area contributed by atoms with E-state index in [1.54, 1.807) is 6.08 Å². The van der Waals surface area contributed by atoms with Crippen molar-refractivity contribution in [3.8, 4) is 11.4 Å². The fourth-order valence-electron chi connectivity index (χ4n) is 4.00. The summed E-state index contributed by atoms with van der Waals surface area (Å²) in [5.41, 5.74) is 3.88. The van der Waals surface area contributed by atoms with Crippen molar-refractivity contribution in [2.45, 2.75) is 6.61 Å². The number of carboxylic acid groups (broad SMARTS) is 1. The maximum Gasteiger partial charge on any atom is 0.328 e. The van der Waals surface area contributed by atoms with Gasteiger partial charge in [0.15, 0.2) is 0 Å². The van der Waals surface area contributed by atoms with Gasteiger partial charge in [0.1, 0.15) is 12.4 Å². The van der Waals surface area contributed by atoms with Crippen LogP contribution in [-0.2, 0) is 11.4 Å². The Morgan fingerprint density at radius 1 is 0.844 bits per heavy atom. The molecule has 0 aliphatic heterocycles. The fraction of sp³-hybridized carbons (Fsp3) is 0.0357. The smallest absolute Gasteiger partial charge is 0.328 e. The maximum atomic E-state index is 11.2. The van der Waals surface area contributed by atoms with Crippen molar-refractivity contribution >= 4 is 33.7 Å². The average molecular weight is 419 g/mol. The van der Waals surface area contributed by atoms with Crippen LogP contribution in [0.1, 0.15) is 11.3 Å². The first-order valence-corrected chi connectivity index (χ1v) is 10.4. The molecule has 5 aromatic rings. The first-order valence-electron chi connectivity index (χ1n) is 10.4. The zero-order valence-electron chi connectivity index (χ0n) is 17.3. The van der Waals surface area contributed by atoms with E-state index in [1.807, 2.05) is 72.8 Å². The lowest BCUT2D eigenvalue weighted by molar-refractivity contribution is -0.131. The molecule has 4 nitrogen and oxygen atoms in total. The Bertz CT molecular complexity index is 1440. The van der Waals surface area contributed by atoms with Crippen LogP contribution in [0.5, 0.6) is 5.75 Å². The van der Waals surface area contributed by atoms with Gasteiger partial charge in [0.2, 0.25) is 0 Å². The SMILES string of the molecule is O=C(O)C=Cc1cc2cc(OCc3ccccc3)ccc2n1-c1cccc2ccccc12. The molecule has 4 aromatic carbocycles. The van der Waals surface area contributed by atoms with Crippen LogP contribution in [0.15, 0.2) is 103 Å². The van der Waals surface area contributed by atoms with Gasteiger partial charge in [0.05, 0.1) is 11.2 Å². The van der Waals surface area contributed by atoms with Crippen LogP contribution in [0.2, 0.25) is 0 Å². The summed E-state index contributed by atoms with van der Waals surface area (Å²) < 4.78 is 8.10. The van der Waals surface area contributed by atoms with Gasteiger partial charge in [-0.15, -0.1) is 0 Å². The van der Waals surface area contributed by atoms with Crippen molar-refractivity contribution in [2.24, 2.45) is 0 Å². The molecule has 1 aromatic heterocycles. The average Bonchev–Trinajstić information content (AvgIpc) is 3.19. The maximum absolute atomic E-state index is 11.2. The van der Waals surface area contributed by atoms with E-state index in [2.05, 4.69) is 28.8 Å². The first-order chi connectivity index (χ1) is 15.7. The number of aromatic nitrogens is 1. The number of rotatable bonds is 6. The summed E-state index contributed by atoms with van der Waals surface area (Å²) in [5, 5.41) is 12.4. The highest BCUT2D eigenvalue weighted by Gasteiger charge is 2.13. The van der Waals surface area contributed by atoms with E-state index < -0.39 is 5.97 Å². The van der Waals surface area contributed by atoms with Crippen LogP contribution >= 0.6 is 0 Å². The molecule has 0 atom stereocenters. The first kappa shape index (κ1) is 19.6. The van der Waals surface area contributed by atoms with Crippen LogP contribution in [-0.4, -0.2) is 15.6 Å². The minimum Gasteiger partial charge on any atom is -0.489 e. The largest absolute Gasteiger partial charge is 0.489 e. The minimum absolute atomic E-state index is 0.488. The summed E-state index contributed by atoms with van der Waals surface area (Å²) in [4.78, 5) is 11.2. The molecule has 32 heavy (non-hydrogen) atoms. The molecule has 0 unspecified atom stereocenters. The lowest BCUT2D eigenvalue weighted by Gasteiger charge is -2.13. The summed E-state index contributed by atoms with van der Waals surface area (Å²) in [6.07, 6.45) is 2.80. The zero-order valence-corrected chi connectivity index (χ0v) is 17.3. The van der Waals surface area contributed by atoms with Gasteiger partial charge >= 0.3 is 5.97 Å². The molecule has 4 heteroatoms. The monoisotopic (exact) mass is 419 g/mol. The van der Waals surface area contributed by atoms with Crippen LogP contribution in [0.3, 0.4) is 0 Å². The van der Waals surface area contributed by atoms with Gasteiger partial charge in [-0.25, -0.2) is 4.79 Å². The van der Waals surface area contributed by atoms with Gasteiger partial charge in [-0.2, -0.15) is 0 Å². The van der Waals surface area contributed by atoms with Crippen molar-refractivity contribution < 1.29 is 14.6 Å². The molecular weight excluding hydrogens is 398 g/mol. The molecule has 0 radical (unpaired) electrons. The molecule has 0 aliphatic carbocycles. The van der Waals surface area contributed by atoms with Crippen molar-refractivity contribution in [2.75, 3.05) is 0 Å². The molecule has 0 saturated carbocycles. The van der Waals surface area contributed by atoms with Gasteiger partial charge in [0.25, 0.3) is 0 Å². The van der Waals surface area contributed by atoms with E-state index in [4.69, 9.17) is 4.74 Å². The van der Waals surface area contributed by atoms with Gasteiger partial charge in [-0.3, -0.25) is 0 Å². The number of ether oxygens (including phenoxy) is 1.